The molecule has 0 saturated carbocycles. The fourth-order valence-electron chi connectivity index (χ4n) is 0.171. The SMILES string of the molecule is CCONS(=O)(=O)CBr. The van der Waals surface area contributed by atoms with Crippen molar-refractivity contribution in [2.75, 3.05) is 11.3 Å². The number of hydrogen-bond donors (Lipinski definition) is 1. The van der Waals surface area contributed by atoms with E-state index in [1.165, 1.54) is 0 Å². The van der Waals surface area contributed by atoms with Gasteiger partial charge in [-0.1, -0.05) is 20.8 Å². The van der Waals surface area contributed by atoms with Crippen LogP contribution in [0, 0.1) is 0 Å². The van der Waals surface area contributed by atoms with E-state index >= 15 is 0 Å². The molecule has 0 saturated heterocycles. The van der Waals surface area contributed by atoms with Crippen LogP contribution in [-0.2, 0) is 14.9 Å². The fraction of sp³-hybridized carbons (Fsp3) is 1.00. The third kappa shape index (κ3) is 4.83. The van der Waals surface area contributed by atoms with E-state index in [4.69, 9.17) is 0 Å². The quantitative estimate of drug-likeness (QED) is 0.542. The first kappa shape index (κ1) is 9.35. The molecule has 0 atom stereocenters. The van der Waals surface area contributed by atoms with Gasteiger partial charge in [-0.15, -0.1) is 0 Å². The highest BCUT2D eigenvalue weighted by molar-refractivity contribution is 9.10. The second-order valence-corrected chi connectivity index (χ2v) is 4.23. The van der Waals surface area contributed by atoms with Gasteiger partial charge in [0.05, 0.1) is 6.61 Å². The van der Waals surface area contributed by atoms with Crippen molar-refractivity contribution in [3.63, 3.8) is 0 Å². The summed E-state index contributed by atoms with van der Waals surface area (Å²) < 4.78 is 20.8. The Morgan fingerprint density at radius 2 is 2.22 bits per heavy atom. The van der Waals surface area contributed by atoms with Gasteiger partial charge in [0.2, 0.25) is 10.0 Å². The van der Waals surface area contributed by atoms with Gasteiger partial charge < -0.3 is 0 Å². The van der Waals surface area contributed by atoms with E-state index in [0.29, 0.717) is 6.61 Å². The number of nitrogens with one attached hydrogen (secondary N) is 1. The molecule has 0 fully saturated rings. The molecule has 0 rings (SSSR count). The highest BCUT2D eigenvalue weighted by atomic mass is 79.9. The molecule has 1 N–H and O–H groups in total. The summed E-state index contributed by atoms with van der Waals surface area (Å²) >= 11 is 2.77. The van der Waals surface area contributed by atoms with Crippen molar-refractivity contribution >= 4 is 26.0 Å². The van der Waals surface area contributed by atoms with Crippen molar-refractivity contribution in [1.29, 1.82) is 0 Å². The molecular weight excluding hydrogens is 210 g/mol. The lowest BCUT2D eigenvalue weighted by Crippen LogP contribution is -2.24. The van der Waals surface area contributed by atoms with Gasteiger partial charge in [-0.3, -0.25) is 4.84 Å². The highest BCUT2D eigenvalue weighted by Gasteiger charge is 2.04. The first-order valence-corrected chi connectivity index (χ1v) is 5.07. The molecule has 0 heterocycles. The molecule has 0 unspecified atom stereocenters. The fourth-order valence-corrected chi connectivity index (χ4v) is 0.793. The average Bonchev–Trinajstić information content (AvgIpc) is 1.84. The molecule has 0 spiro atoms. The third-order valence-corrected chi connectivity index (χ3v) is 2.94. The summed E-state index contributed by atoms with van der Waals surface area (Å²) in [5, 5.41) is 0. The van der Waals surface area contributed by atoms with Gasteiger partial charge in [0.15, 0.2) is 0 Å². The Morgan fingerprint density at radius 3 is 2.56 bits per heavy atom. The van der Waals surface area contributed by atoms with Gasteiger partial charge in [-0.05, 0) is 6.92 Å². The topological polar surface area (TPSA) is 55.4 Å². The standard InChI is InChI=1S/C3H8BrNO3S/c1-2-8-5-9(6,7)3-4/h5H,2-3H2,1H3. The summed E-state index contributed by atoms with van der Waals surface area (Å²) in [5.41, 5.74) is 0. The number of rotatable bonds is 4. The van der Waals surface area contributed by atoms with E-state index in [-0.39, 0.29) is 4.66 Å². The van der Waals surface area contributed by atoms with Gasteiger partial charge in [0.1, 0.15) is 4.66 Å². The predicted molar refractivity (Wildman–Crippen MR) is 37.5 cm³/mol. The van der Waals surface area contributed by atoms with Crippen molar-refractivity contribution in [2.24, 2.45) is 0 Å². The Labute approximate surface area is 62.7 Å². The number of hydrogen-bond acceptors (Lipinski definition) is 3. The van der Waals surface area contributed by atoms with E-state index < -0.39 is 10.0 Å². The van der Waals surface area contributed by atoms with E-state index in [1.807, 2.05) is 4.89 Å². The number of halogens is 1. The summed E-state index contributed by atoms with van der Waals surface area (Å²) in [7, 11) is -3.24. The summed E-state index contributed by atoms with van der Waals surface area (Å²) in [6.45, 7) is 2.02. The lowest BCUT2D eigenvalue weighted by molar-refractivity contribution is 0.106. The molecule has 0 aromatic rings. The van der Waals surface area contributed by atoms with Crippen LogP contribution in [0.15, 0.2) is 0 Å². The largest absolute Gasteiger partial charge is 0.287 e. The molecule has 0 aromatic heterocycles. The Bertz CT molecular complexity index is 154. The molecule has 56 valence electrons. The molecule has 6 heteroatoms. The Morgan fingerprint density at radius 1 is 1.67 bits per heavy atom. The third-order valence-electron chi connectivity index (χ3n) is 0.474. The van der Waals surface area contributed by atoms with Gasteiger partial charge in [0.25, 0.3) is 0 Å². The van der Waals surface area contributed by atoms with Crippen LogP contribution in [0.5, 0.6) is 0 Å². The van der Waals surface area contributed by atoms with E-state index in [0.717, 1.165) is 0 Å². The van der Waals surface area contributed by atoms with Gasteiger partial charge >= 0.3 is 0 Å². The van der Waals surface area contributed by atoms with Crippen molar-refractivity contribution in [2.45, 2.75) is 6.92 Å². The maximum absolute atomic E-state index is 10.5. The lowest BCUT2D eigenvalue weighted by atomic mass is 10.9. The van der Waals surface area contributed by atoms with E-state index in [2.05, 4.69) is 20.8 Å². The summed E-state index contributed by atoms with van der Waals surface area (Å²) in [6, 6.07) is 0. The van der Waals surface area contributed by atoms with Gasteiger partial charge in [0, 0.05) is 0 Å². The second-order valence-electron chi connectivity index (χ2n) is 1.24. The molecular formula is C3H8BrNO3S. The molecule has 4 nitrogen and oxygen atoms in total. The molecule has 0 amide bonds. The average molecular weight is 218 g/mol. The normalized spacial score (nSPS) is 11.8. The molecule has 0 aromatic carbocycles. The molecule has 0 bridgehead atoms. The van der Waals surface area contributed by atoms with Gasteiger partial charge in [-0.2, -0.15) is 0 Å². The molecule has 9 heavy (non-hydrogen) atoms. The molecule has 0 radical (unpaired) electrons. The monoisotopic (exact) mass is 217 g/mol. The van der Waals surface area contributed by atoms with Gasteiger partial charge in [-0.25, -0.2) is 8.42 Å². The first-order chi connectivity index (χ1) is 4.12. The van der Waals surface area contributed by atoms with Crippen LogP contribution in [0.25, 0.3) is 0 Å². The van der Waals surface area contributed by atoms with Crippen LogP contribution in [0.1, 0.15) is 6.92 Å². The summed E-state index contributed by atoms with van der Waals surface area (Å²) in [4.78, 5) is 6.30. The minimum Gasteiger partial charge on any atom is -0.287 e. The zero-order valence-electron chi connectivity index (χ0n) is 4.93. The second kappa shape index (κ2) is 4.21. The van der Waals surface area contributed by atoms with E-state index in [9.17, 15) is 8.42 Å². The van der Waals surface area contributed by atoms with Crippen molar-refractivity contribution in [3.8, 4) is 0 Å². The van der Waals surface area contributed by atoms with Crippen LogP contribution in [0.3, 0.4) is 0 Å². The van der Waals surface area contributed by atoms with Crippen LogP contribution in [0.4, 0.5) is 0 Å². The van der Waals surface area contributed by atoms with Crippen molar-refractivity contribution < 1.29 is 13.3 Å². The van der Waals surface area contributed by atoms with Crippen LogP contribution >= 0.6 is 15.9 Å². The Balaban J connectivity index is 3.61. The van der Waals surface area contributed by atoms with Crippen LogP contribution < -0.4 is 4.89 Å². The number of sulfonamides is 1. The van der Waals surface area contributed by atoms with Crippen molar-refractivity contribution in [3.05, 3.63) is 0 Å². The maximum Gasteiger partial charge on any atom is 0.243 e. The smallest absolute Gasteiger partial charge is 0.243 e. The maximum atomic E-state index is 10.5. The molecule has 0 aliphatic carbocycles. The number of alkyl halides is 1. The van der Waals surface area contributed by atoms with Crippen molar-refractivity contribution in [1.82, 2.24) is 4.89 Å². The van der Waals surface area contributed by atoms with Crippen LogP contribution in [-0.4, -0.2) is 19.7 Å². The first-order valence-electron chi connectivity index (χ1n) is 2.29. The predicted octanol–water partition coefficient (Wildman–Crippen LogP) is 0.210. The zero-order valence-corrected chi connectivity index (χ0v) is 7.33. The minimum absolute atomic E-state index is 0.139. The highest BCUT2D eigenvalue weighted by Crippen LogP contribution is 1.89. The summed E-state index contributed by atoms with van der Waals surface area (Å²) in [5.74, 6) is 0. The van der Waals surface area contributed by atoms with Crippen LogP contribution in [0.2, 0.25) is 0 Å². The minimum atomic E-state index is -3.24. The lowest BCUT2D eigenvalue weighted by Gasteiger charge is -1.99. The zero-order chi connectivity index (χ0) is 7.33. The van der Waals surface area contributed by atoms with E-state index in [1.54, 1.807) is 6.92 Å². The molecule has 0 aliphatic rings. The Hall–Kier alpha value is 0.350. The molecule has 0 aliphatic heterocycles. The summed E-state index contributed by atoms with van der Waals surface area (Å²) in [6.07, 6.45) is 0. The Kier molecular flexibility index (Phi) is 4.37.